The third kappa shape index (κ3) is 2.98. The van der Waals surface area contributed by atoms with Gasteiger partial charge in [0.25, 0.3) is 5.56 Å². The first-order valence-corrected chi connectivity index (χ1v) is 9.42. The SMILES string of the molecule is COc1ccc(Cl)cc1NCCn1c(C)cn2c3c(=O)n(C)c(=O)n(C)c3nc12. The van der Waals surface area contributed by atoms with Crippen LogP contribution in [0.3, 0.4) is 0 Å². The molecule has 0 unspecified atom stereocenters. The van der Waals surface area contributed by atoms with Crippen LogP contribution in [0.1, 0.15) is 5.69 Å². The standard InChI is InChI=1S/C19H21ClN6O3/c1-11-10-26-15-16(23(2)19(28)24(3)17(15)27)22-18(26)25(11)8-7-21-13-9-12(20)5-6-14(13)29-4/h5-6,9-10,21H,7-8H2,1-4H3. The molecular weight excluding hydrogens is 396 g/mol. The number of nitrogens with zero attached hydrogens (tertiary/aromatic N) is 5. The number of benzene rings is 1. The summed E-state index contributed by atoms with van der Waals surface area (Å²) in [6.45, 7) is 3.13. The van der Waals surface area contributed by atoms with Crippen molar-refractivity contribution in [1.29, 1.82) is 0 Å². The molecule has 1 aromatic carbocycles. The molecule has 3 aromatic heterocycles. The summed E-state index contributed by atoms with van der Waals surface area (Å²) < 4.78 is 11.6. The predicted molar refractivity (Wildman–Crippen MR) is 112 cm³/mol. The average molecular weight is 417 g/mol. The van der Waals surface area contributed by atoms with Crippen LogP contribution in [0.25, 0.3) is 16.9 Å². The molecule has 0 saturated carbocycles. The fourth-order valence-corrected chi connectivity index (χ4v) is 3.70. The summed E-state index contributed by atoms with van der Waals surface area (Å²) in [5.74, 6) is 1.31. The third-order valence-corrected chi connectivity index (χ3v) is 5.30. The largest absolute Gasteiger partial charge is 0.495 e. The summed E-state index contributed by atoms with van der Waals surface area (Å²) in [6.07, 6.45) is 1.86. The van der Waals surface area contributed by atoms with E-state index < -0.39 is 5.69 Å². The van der Waals surface area contributed by atoms with E-state index in [9.17, 15) is 9.59 Å². The zero-order valence-corrected chi connectivity index (χ0v) is 17.3. The Kier molecular flexibility index (Phi) is 4.62. The molecule has 4 aromatic rings. The average Bonchev–Trinajstić information content (AvgIpc) is 3.20. The van der Waals surface area contributed by atoms with E-state index in [1.807, 2.05) is 23.8 Å². The Balaban J connectivity index is 1.72. The van der Waals surface area contributed by atoms with Gasteiger partial charge >= 0.3 is 5.69 Å². The Labute approximate surface area is 170 Å². The fourth-order valence-electron chi connectivity index (χ4n) is 3.53. The second-order valence-corrected chi connectivity index (χ2v) is 7.29. The van der Waals surface area contributed by atoms with Crippen LogP contribution >= 0.6 is 11.6 Å². The maximum Gasteiger partial charge on any atom is 0.332 e. The Morgan fingerprint density at radius 3 is 2.69 bits per heavy atom. The van der Waals surface area contributed by atoms with Crippen LogP contribution in [0.4, 0.5) is 5.69 Å². The van der Waals surface area contributed by atoms with Gasteiger partial charge in [0.15, 0.2) is 11.2 Å². The molecule has 0 bridgehead atoms. The molecular formula is C19H21ClN6O3. The van der Waals surface area contributed by atoms with Crippen LogP contribution in [0.5, 0.6) is 5.75 Å². The van der Waals surface area contributed by atoms with Crippen molar-refractivity contribution < 1.29 is 4.74 Å². The Hall–Kier alpha value is -3.20. The number of nitrogens with one attached hydrogen (secondary N) is 1. The molecule has 152 valence electrons. The number of anilines is 1. The van der Waals surface area contributed by atoms with Crippen molar-refractivity contribution in [3.05, 3.63) is 56.0 Å². The van der Waals surface area contributed by atoms with Crippen LogP contribution in [-0.2, 0) is 20.6 Å². The third-order valence-electron chi connectivity index (χ3n) is 5.07. The van der Waals surface area contributed by atoms with Gasteiger partial charge in [-0.2, -0.15) is 4.98 Å². The fraction of sp³-hybridized carbons (Fsp3) is 0.316. The first kappa shape index (κ1) is 19.1. The first-order chi connectivity index (χ1) is 13.8. The summed E-state index contributed by atoms with van der Waals surface area (Å²) in [7, 11) is 4.69. The van der Waals surface area contributed by atoms with Gasteiger partial charge in [-0.3, -0.25) is 18.3 Å². The Morgan fingerprint density at radius 1 is 1.21 bits per heavy atom. The van der Waals surface area contributed by atoms with Gasteiger partial charge in [-0.15, -0.1) is 0 Å². The maximum absolute atomic E-state index is 12.6. The minimum Gasteiger partial charge on any atom is -0.495 e. The van der Waals surface area contributed by atoms with E-state index in [1.165, 1.54) is 11.6 Å². The molecule has 0 spiro atoms. The lowest BCUT2D eigenvalue weighted by Crippen LogP contribution is -2.37. The molecule has 0 aliphatic carbocycles. The molecule has 0 amide bonds. The first-order valence-electron chi connectivity index (χ1n) is 9.04. The zero-order valence-electron chi connectivity index (χ0n) is 16.6. The Bertz CT molecular complexity index is 1360. The smallest absolute Gasteiger partial charge is 0.332 e. The van der Waals surface area contributed by atoms with Gasteiger partial charge in [0.05, 0.1) is 12.8 Å². The normalized spacial score (nSPS) is 11.5. The van der Waals surface area contributed by atoms with Crippen molar-refractivity contribution >= 4 is 34.2 Å². The number of aromatic nitrogens is 5. The second kappa shape index (κ2) is 7.00. The molecule has 3 heterocycles. The number of rotatable bonds is 5. The molecule has 10 heteroatoms. The number of hydrogen-bond donors (Lipinski definition) is 1. The van der Waals surface area contributed by atoms with E-state index in [0.29, 0.717) is 40.8 Å². The van der Waals surface area contributed by atoms with E-state index >= 15 is 0 Å². The van der Waals surface area contributed by atoms with E-state index in [2.05, 4.69) is 10.3 Å². The van der Waals surface area contributed by atoms with Gasteiger partial charge < -0.3 is 14.6 Å². The van der Waals surface area contributed by atoms with Crippen LogP contribution in [0.15, 0.2) is 34.0 Å². The number of aryl methyl sites for hydroxylation is 2. The van der Waals surface area contributed by atoms with Crippen molar-refractivity contribution in [2.75, 3.05) is 19.0 Å². The molecule has 0 saturated heterocycles. The number of methoxy groups -OCH3 is 1. The highest BCUT2D eigenvalue weighted by Crippen LogP contribution is 2.27. The van der Waals surface area contributed by atoms with Gasteiger partial charge in [0, 0.05) is 44.1 Å². The van der Waals surface area contributed by atoms with Gasteiger partial charge in [0.2, 0.25) is 5.78 Å². The summed E-state index contributed by atoms with van der Waals surface area (Å²) in [5, 5.41) is 3.94. The summed E-state index contributed by atoms with van der Waals surface area (Å²) in [5.41, 5.74) is 1.73. The van der Waals surface area contributed by atoms with Gasteiger partial charge in [-0.25, -0.2) is 4.79 Å². The minimum absolute atomic E-state index is 0.366. The predicted octanol–water partition coefficient (Wildman–Crippen LogP) is 1.77. The minimum atomic E-state index is -0.402. The lowest BCUT2D eigenvalue weighted by Gasteiger charge is -2.12. The van der Waals surface area contributed by atoms with E-state index in [1.54, 1.807) is 30.7 Å². The van der Waals surface area contributed by atoms with Crippen molar-refractivity contribution in [3.8, 4) is 5.75 Å². The van der Waals surface area contributed by atoms with Crippen molar-refractivity contribution in [1.82, 2.24) is 23.1 Å². The van der Waals surface area contributed by atoms with Crippen LogP contribution in [-0.4, -0.2) is 36.7 Å². The summed E-state index contributed by atoms with van der Waals surface area (Å²) in [6, 6.07) is 5.38. The van der Waals surface area contributed by atoms with Crippen molar-refractivity contribution in [2.45, 2.75) is 13.5 Å². The molecule has 9 nitrogen and oxygen atoms in total. The number of imidazole rings is 2. The number of halogens is 1. The highest BCUT2D eigenvalue weighted by molar-refractivity contribution is 6.30. The molecule has 29 heavy (non-hydrogen) atoms. The topological polar surface area (TPSA) is 87.5 Å². The maximum atomic E-state index is 12.6. The van der Waals surface area contributed by atoms with Crippen LogP contribution in [0.2, 0.25) is 5.02 Å². The van der Waals surface area contributed by atoms with Crippen LogP contribution in [0, 0.1) is 6.92 Å². The number of ether oxygens (including phenoxy) is 1. The Morgan fingerprint density at radius 2 is 1.97 bits per heavy atom. The van der Waals surface area contributed by atoms with Crippen LogP contribution < -0.4 is 21.3 Å². The molecule has 0 aliphatic heterocycles. The van der Waals surface area contributed by atoms with Crippen molar-refractivity contribution in [3.63, 3.8) is 0 Å². The molecule has 0 radical (unpaired) electrons. The second-order valence-electron chi connectivity index (χ2n) is 6.85. The van der Waals surface area contributed by atoms with Gasteiger partial charge in [0.1, 0.15) is 5.75 Å². The summed E-state index contributed by atoms with van der Waals surface area (Å²) in [4.78, 5) is 29.4. The highest BCUT2D eigenvalue weighted by atomic mass is 35.5. The van der Waals surface area contributed by atoms with E-state index in [0.717, 1.165) is 15.9 Å². The van der Waals surface area contributed by atoms with E-state index in [4.69, 9.17) is 16.3 Å². The van der Waals surface area contributed by atoms with Gasteiger partial charge in [-0.05, 0) is 25.1 Å². The molecule has 0 atom stereocenters. The molecule has 0 fully saturated rings. The lowest BCUT2D eigenvalue weighted by atomic mass is 10.3. The van der Waals surface area contributed by atoms with E-state index in [-0.39, 0.29) is 5.56 Å². The number of fused-ring (bicyclic) bond motifs is 3. The highest BCUT2D eigenvalue weighted by Gasteiger charge is 2.18. The van der Waals surface area contributed by atoms with Gasteiger partial charge in [-0.1, -0.05) is 11.6 Å². The summed E-state index contributed by atoms with van der Waals surface area (Å²) >= 11 is 6.08. The lowest BCUT2D eigenvalue weighted by molar-refractivity contribution is 0.416. The number of hydrogen-bond acceptors (Lipinski definition) is 5. The van der Waals surface area contributed by atoms with Crippen molar-refractivity contribution in [2.24, 2.45) is 14.1 Å². The molecule has 4 rings (SSSR count). The molecule has 1 N–H and O–H groups in total. The quantitative estimate of drug-likeness (QED) is 0.535. The molecule has 0 aliphatic rings. The monoisotopic (exact) mass is 416 g/mol. The zero-order chi connectivity index (χ0) is 20.9.